The van der Waals surface area contributed by atoms with E-state index in [9.17, 15) is 0 Å². The van der Waals surface area contributed by atoms with Crippen LogP contribution in [0.15, 0.2) is 0 Å². The smallest absolute Gasteiger partial charge is 0.00470 e. The molecule has 2 nitrogen and oxygen atoms in total. The van der Waals surface area contributed by atoms with Crippen molar-refractivity contribution < 1.29 is 0 Å². The Bertz CT molecular complexity index is 195. The minimum absolute atomic E-state index is 0.443. The molecule has 0 radical (unpaired) electrons. The van der Waals surface area contributed by atoms with Gasteiger partial charge in [-0.05, 0) is 43.7 Å². The third kappa shape index (κ3) is 7.38. The van der Waals surface area contributed by atoms with Gasteiger partial charge in [0, 0.05) is 19.6 Å². The zero-order valence-corrected chi connectivity index (χ0v) is 13.8. The molecule has 0 aliphatic heterocycles. The predicted octanol–water partition coefficient (Wildman–Crippen LogP) is 3.63. The molecule has 0 atom stereocenters. The molecule has 0 amide bonds. The van der Waals surface area contributed by atoms with Crippen LogP contribution in [0.4, 0.5) is 0 Å². The van der Waals surface area contributed by atoms with Crippen molar-refractivity contribution in [2.75, 3.05) is 33.2 Å². The minimum atomic E-state index is 0.443. The molecule has 0 aliphatic rings. The third-order valence-electron chi connectivity index (χ3n) is 3.83. The second kappa shape index (κ2) is 8.92. The zero-order valence-electron chi connectivity index (χ0n) is 13.8. The Balaban J connectivity index is 4.31. The second-order valence-corrected chi connectivity index (χ2v) is 6.82. The van der Waals surface area contributed by atoms with Crippen molar-refractivity contribution in [3.05, 3.63) is 0 Å². The summed E-state index contributed by atoms with van der Waals surface area (Å²) in [5, 5.41) is 3.66. The summed E-state index contributed by atoms with van der Waals surface area (Å²) in [5.74, 6) is 1.50. The van der Waals surface area contributed by atoms with Crippen molar-refractivity contribution in [1.82, 2.24) is 10.2 Å². The molecule has 0 spiro atoms. The molecule has 0 aromatic carbocycles. The van der Waals surface area contributed by atoms with Gasteiger partial charge in [-0.1, -0.05) is 41.5 Å². The molecule has 0 aliphatic carbocycles. The Morgan fingerprint density at radius 3 is 1.94 bits per heavy atom. The number of hydrogen-bond acceptors (Lipinski definition) is 2. The molecule has 0 fully saturated rings. The summed E-state index contributed by atoms with van der Waals surface area (Å²) in [6, 6.07) is 0. The van der Waals surface area contributed by atoms with Crippen molar-refractivity contribution in [2.45, 2.75) is 54.4 Å². The van der Waals surface area contributed by atoms with Gasteiger partial charge >= 0.3 is 0 Å². The molecule has 2 heteroatoms. The van der Waals surface area contributed by atoms with E-state index in [1.165, 1.54) is 25.9 Å². The van der Waals surface area contributed by atoms with Gasteiger partial charge in [-0.25, -0.2) is 0 Å². The summed E-state index contributed by atoms with van der Waals surface area (Å²) >= 11 is 0. The van der Waals surface area contributed by atoms with E-state index >= 15 is 0 Å². The van der Waals surface area contributed by atoms with Crippen molar-refractivity contribution >= 4 is 0 Å². The molecular weight excluding hydrogens is 220 g/mol. The SMILES string of the molecule is CCC(CC)(CNCC(C)C)CN(C)CC(C)C. The van der Waals surface area contributed by atoms with Crippen molar-refractivity contribution in [2.24, 2.45) is 17.3 Å². The zero-order chi connectivity index (χ0) is 14.2. The maximum atomic E-state index is 3.66. The first-order valence-corrected chi connectivity index (χ1v) is 7.74. The molecule has 0 unspecified atom stereocenters. The number of hydrogen-bond donors (Lipinski definition) is 1. The topological polar surface area (TPSA) is 15.3 Å². The molecule has 1 N–H and O–H groups in total. The molecule has 0 aromatic rings. The summed E-state index contributed by atoms with van der Waals surface area (Å²) in [4.78, 5) is 2.51. The van der Waals surface area contributed by atoms with Gasteiger partial charge in [0.1, 0.15) is 0 Å². The van der Waals surface area contributed by atoms with Crippen LogP contribution >= 0.6 is 0 Å². The Hall–Kier alpha value is -0.0800. The lowest BCUT2D eigenvalue weighted by Crippen LogP contribution is -2.44. The van der Waals surface area contributed by atoms with Gasteiger partial charge in [-0.3, -0.25) is 0 Å². The lowest BCUT2D eigenvalue weighted by molar-refractivity contribution is 0.144. The minimum Gasteiger partial charge on any atom is -0.316 e. The predicted molar refractivity (Wildman–Crippen MR) is 83.1 cm³/mol. The maximum Gasteiger partial charge on any atom is 0.00470 e. The highest BCUT2D eigenvalue weighted by atomic mass is 15.1. The molecule has 0 saturated carbocycles. The summed E-state index contributed by atoms with van der Waals surface area (Å²) < 4.78 is 0. The second-order valence-electron chi connectivity index (χ2n) is 6.82. The van der Waals surface area contributed by atoms with Gasteiger partial charge in [-0.15, -0.1) is 0 Å². The fourth-order valence-corrected chi connectivity index (χ4v) is 2.67. The molecule has 0 saturated heterocycles. The Labute approximate surface area is 116 Å². The molecule has 18 heavy (non-hydrogen) atoms. The van der Waals surface area contributed by atoms with Crippen LogP contribution in [0.3, 0.4) is 0 Å². The number of nitrogens with one attached hydrogen (secondary N) is 1. The van der Waals surface area contributed by atoms with Crippen LogP contribution in [0.2, 0.25) is 0 Å². The van der Waals surface area contributed by atoms with Crippen LogP contribution < -0.4 is 5.32 Å². The van der Waals surface area contributed by atoms with Gasteiger partial charge < -0.3 is 10.2 Å². The quantitative estimate of drug-likeness (QED) is 0.642. The van der Waals surface area contributed by atoms with Crippen molar-refractivity contribution in [3.8, 4) is 0 Å². The first-order chi connectivity index (χ1) is 8.35. The fourth-order valence-electron chi connectivity index (χ4n) is 2.67. The molecule has 110 valence electrons. The largest absolute Gasteiger partial charge is 0.316 e. The molecule has 0 heterocycles. The highest BCUT2D eigenvalue weighted by Gasteiger charge is 2.27. The van der Waals surface area contributed by atoms with Crippen molar-refractivity contribution in [1.29, 1.82) is 0 Å². The summed E-state index contributed by atoms with van der Waals surface area (Å²) in [6.07, 6.45) is 2.52. The van der Waals surface area contributed by atoms with Crippen LogP contribution in [-0.2, 0) is 0 Å². The number of rotatable bonds is 10. The van der Waals surface area contributed by atoms with E-state index in [1.54, 1.807) is 0 Å². The summed E-state index contributed by atoms with van der Waals surface area (Å²) in [5.41, 5.74) is 0.443. The average molecular weight is 256 g/mol. The normalized spacial score (nSPS) is 13.0. The average Bonchev–Trinajstić information content (AvgIpc) is 2.26. The lowest BCUT2D eigenvalue weighted by atomic mass is 9.81. The van der Waals surface area contributed by atoms with Gasteiger partial charge in [0.2, 0.25) is 0 Å². The van der Waals surface area contributed by atoms with E-state index in [4.69, 9.17) is 0 Å². The maximum absolute atomic E-state index is 3.66. The van der Waals surface area contributed by atoms with E-state index in [1.807, 2.05) is 0 Å². The molecule has 0 bridgehead atoms. The van der Waals surface area contributed by atoms with E-state index in [2.05, 4.69) is 58.8 Å². The Kier molecular flexibility index (Phi) is 8.89. The molecule has 0 aromatic heterocycles. The standard InChI is InChI=1S/C16H36N2/c1-8-16(9-2,12-17-10-14(3)4)13-18(7)11-15(5)6/h14-15,17H,8-13H2,1-7H3. The first-order valence-electron chi connectivity index (χ1n) is 7.74. The fraction of sp³-hybridized carbons (Fsp3) is 1.00. The van der Waals surface area contributed by atoms with E-state index < -0.39 is 0 Å². The van der Waals surface area contributed by atoms with E-state index in [0.717, 1.165) is 24.9 Å². The molecular formula is C16H36N2. The monoisotopic (exact) mass is 256 g/mol. The highest BCUT2D eigenvalue weighted by Crippen LogP contribution is 2.26. The first kappa shape index (κ1) is 17.9. The van der Waals surface area contributed by atoms with E-state index in [0.29, 0.717) is 5.41 Å². The van der Waals surface area contributed by atoms with E-state index in [-0.39, 0.29) is 0 Å². The lowest BCUT2D eigenvalue weighted by Gasteiger charge is -2.37. The van der Waals surface area contributed by atoms with Crippen LogP contribution in [0, 0.1) is 17.3 Å². The van der Waals surface area contributed by atoms with Crippen LogP contribution in [0.5, 0.6) is 0 Å². The van der Waals surface area contributed by atoms with Crippen LogP contribution in [0.1, 0.15) is 54.4 Å². The van der Waals surface area contributed by atoms with Gasteiger partial charge in [0.25, 0.3) is 0 Å². The Morgan fingerprint density at radius 1 is 1.00 bits per heavy atom. The highest BCUT2D eigenvalue weighted by molar-refractivity contribution is 4.82. The molecule has 0 rings (SSSR count). The Morgan fingerprint density at radius 2 is 1.56 bits per heavy atom. The van der Waals surface area contributed by atoms with Gasteiger partial charge in [0.05, 0.1) is 0 Å². The third-order valence-corrected chi connectivity index (χ3v) is 3.83. The number of nitrogens with zero attached hydrogens (tertiary/aromatic N) is 1. The van der Waals surface area contributed by atoms with Crippen LogP contribution in [-0.4, -0.2) is 38.1 Å². The van der Waals surface area contributed by atoms with Crippen molar-refractivity contribution in [3.63, 3.8) is 0 Å². The van der Waals surface area contributed by atoms with Gasteiger partial charge in [-0.2, -0.15) is 0 Å². The summed E-state index contributed by atoms with van der Waals surface area (Å²) in [6.45, 7) is 18.5. The van der Waals surface area contributed by atoms with Gasteiger partial charge in [0.15, 0.2) is 0 Å². The summed E-state index contributed by atoms with van der Waals surface area (Å²) in [7, 11) is 2.27. The van der Waals surface area contributed by atoms with Crippen LogP contribution in [0.25, 0.3) is 0 Å².